The summed E-state index contributed by atoms with van der Waals surface area (Å²) >= 11 is 0. The van der Waals surface area contributed by atoms with Gasteiger partial charge in [-0.2, -0.15) is 0 Å². The summed E-state index contributed by atoms with van der Waals surface area (Å²) in [4.78, 5) is 15.2. The van der Waals surface area contributed by atoms with Crippen molar-refractivity contribution >= 4 is 17.1 Å². The first-order valence-electron chi connectivity index (χ1n) is 7.16. The Kier molecular flexibility index (Phi) is 4.98. The number of rotatable bonds is 5. The third kappa shape index (κ3) is 3.62. The highest BCUT2D eigenvalue weighted by molar-refractivity contribution is 5.76. The van der Waals surface area contributed by atoms with Gasteiger partial charge < -0.3 is 15.2 Å². The standard InChI is InChI=1S/C14H23N5O2/c1-17-8-6-11(7-9-17)10-18(2)13-5-3-4-12(16-15)14(13)19(20)21/h3-5,11,16H,6-10,15H2,1-2H3. The number of nitrogen functional groups attached to an aromatic ring is 1. The van der Waals surface area contributed by atoms with Gasteiger partial charge in [0.25, 0.3) is 0 Å². The van der Waals surface area contributed by atoms with Crippen molar-refractivity contribution < 1.29 is 4.92 Å². The van der Waals surface area contributed by atoms with Gasteiger partial charge in [0.15, 0.2) is 0 Å². The van der Waals surface area contributed by atoms with E-state index >= 15 is 0 Å². The molecule has 116 valence electrons. The highest BCUT2D eigenvalue weighted by atomic mass is 16.6. The molecule has 0 aromatic heterocycles. The zero-order valence-electron chi connectivity index (χ0n) is 12.6. The second-order valence-corrected chi connectivity index (χ2v) is 5.70. The number of hydrogen-bond donors (Lipinski definition) is 2. The minimum atomic E-state index is -0.379. The van der Waals surface area contributed by atoms with Crippen LogP contribution >= 0.6 is 0 Å². The maximum atomic E-state index is 11.3. The third-order valence-electron chi connectivity index (χ3n) is 4.13. The van der Waals surface area contributed by atoms with Gasteiger partial charge in [-0.3, -0.25) is 16.0 Å². The van der Waals surface area contributed by atoms with E-state index in [9.17, 15) is 10.1 Å². The number of likely N-dealkylation sites (tertiary alicyclic amines) is 1. The summed E-state index contributed by atoms with van der Waals surface area (Å²) < 4.78 is 0. The summed E-state index contributed by atoms with van der Waals surface area (Å²) in [5.41, 5.74) is 3.39. The molecule has 1 fully saturated rings. The number of para-hydroxylation sites is 1. The van der Waals surface area contributed by atoms with E-state index in [2.05, 4.69) is 17.4 Å². The Morgan fingerprint density at radius 2 is 2.14 bits per heavy atom. The number of nitro groups is 1. The number of nitro benzene ring substituents is 1. The van der Waals surface area contributed by atoms with Crippen LogP contribution in [-0.2, 0) is 0 Å². The second kappa shape index (κ2) is 6.73. The van der Waals surface area contributed by atoms with Crippen LogP contribution in [0.25, 0.3) is 0 Å². The number of piperidine rings is 1. The van der Waals surface area contributed by atoms with E-state index in [1.807, 2.05) is 11.9 Å². The highest BCUT2D eigenvalue weighted by Gasteiger charge is 2.24. The van der Waals surface area contributed by atoms with E-state index in [1.54, 1.807) is 18.2 Å². The molecule has 0 atom stereocenters. The number of anilines is 2. The van der Waals surface area contributed by atoms with E-state index in [1.165, 1.54) is 0 Å². The van der Waals surface area contributed by atoms with Crippen molar-refractivity contribution in [3.63, 3.8) is 0 Å². The van der Waals surface area contributed by atoms with Crippen LogP contribution in [0.1, 0.15) is 12.8 Å². The van der Waals surface area contributed by atoms with Crippen LogP contribution in [0.2, 0.25) is 0 Å². The Morgan fingerprint density at radius 3 is 2.71 bits per heavy atom. The van der Waals surface area contributed by atoms with E-state index in [4.69, 9.17) is 5.84 Å². The molecule has 0 radical (unpaired) electrons. The van der Waals surface area contributed by atoms with Crippen molar-refractivity contribution in [2.45, 2.75) is 12.8 Å². The summed E-state index contributed by atoms with van der Waals surface area (Å²) in [6, 6.07) is 5.17. The predicted octanol–water partition coefficient (Wildman–Crippen LogP) is 1.66. The number of benzene rings is 1. The van der Waals surface area contributed by atoms with Gasteiger partial charge in [-0.1, -0.05) is 6.07 Å². The van der Waals surface area contributed by atoms with E-state index in [0.29, 0.717) is 17.3 Å². The lowest BCUT2D eigenvalue weighted by molar-refractivity contribution is -0.383. The third-order valence-corrected chi connectivity index (χ3v) is 4.13. The molecule has 3 N–H and O–H groups in total. The maximum absolute atomic E-state index is 11.3. The number of nitrogens with one attached hydrogen (secondary N) is 1. The Labute approximate surface area is 124 Å². The minimum Gasteiger partial charge on any atom is -0.369 e. The van der Waals surface area contributed by atoms with Gasteiger partial charge in [0, 0.05) is 13.6 Å². The quantitative estimate of drug-likeness (QED) is 0.488. The number of hydrazine groups is 1. The van der Waals surface area contributed by atoms with Gasteiger partial charge >= 0.3 is 5.69 Å². The fourth-order valence-corrected chi connectivity index (χ4v) is 2.88. The molecular formula is C14H23N5O2. The van der Waals surface area contributed by atoms with Gasteiger partial charge in [-0.15, -0.1) is 0 Å². The average Bonchev–Trinajstić information content (AvgIpc) is 2.48. The molecule has 0 amide bonds. The van der Waals surface area contributed by atoms with Gasteiger partial charge in [0.05, 0.1) is 4.92 Å². The Hall–Kier alpha value is -1.86. The monoisotopic (exact) mass is 293 g/mol. The lowest BCUT2D eigenvalue weighted by Crippen LogP contribution is -2.35. The number of nitrogens with zero attached hydrogens (tertiary/aromatic N) is 3. The summed E-state index contributed by atoms with van der Waals surface area (Å²) in [5, 5.41) is 11.3. The molecule has 0 saturated carbocycles. The zero-order chi connectivity index (χ0) is 15.4. The van der Waals surface area contributed by atoms with Gasteiger partial charge in [0.2, 0.25) is 0 Å². The molecule has 2 rings (SSSR count). The molecule has 21 heavy (non-hydrogen) atoms. The van der Waals surface area contributed by atoms with Crippen molar-refractivity contribution in [1.29, 1.82) is 0 Å². The van der Waals surface area contributed by atoms with Crippen LogP contribution in [0.4, 0.5) is 17.1 Å². The fourth-order valence-electron chi connectivity index (χ4n) is 2.88. The normalized spacial score (nSPS) is 16.7. The van der Waals surface area contributed by atoms with Crippen LogP contribution in [0.15, 0.2) is 18.2 Å². The lowest BCUT2D eigenvalue weighted by atomic mass is 9.96. The number of nitrogens with two attached hydrogens (primary N) is 1. The first-order valence-corrected chi connectivity index (χ1v) is 7.16. The van der Waals surface area contributed by atoms with Crippen molar-refractivity contribution in [3.05, 3.63) is 28.3 Å². The smallest absolute Gasteiger partial charge is 0.316 e. The van der Waals surface area contributed by atoms with E-state index < -0.39 is 0 Å². The number of hydrogen-bond acceptors (Lipinski definition) is 6. The molecule has 1 aromatic rings. The molecule has 0 aliphatic carbocycles. The van der Waals surface area contributed by atoms with E-state index in [-0.39, 0.29) is 10.6 Å². The lowest BCUT2D eigenvalue weighted by Gasteiger charge is -2.32. The topological polar surface area (TPSA) is 87.7 Å². The molecule has 1 aliphatic rings. The van der Waals surface area contributed by atoms with Gasteiger partial charge in [-0.25, -0.2) is 0 Å². The minimum absolute atomic E-state index is 0.0374. The predicted molar refractivity (Wildman–Crippen MR) is 84.4 cm³/mol. The molecule has 0 unspecified atom stereocenters. The zero-order valence-corrected chi connectivity index (χ0v) is 12.6. The highest BCUT2D eigenvalue weighted by Crippen LogP contribution is 2.35. The van der Waals surface area contributed by atoms with Crippen LogP contribution in [-0.4, -0.2) is 43.6 Å². The largest absolute Gasteiger partial charge is 0.369 e. The molecule has 1 heterocycles. The Morgan fingerprint density at radius 1 is 1.48 bits per heavy atom. The summed E-state index contributed by atoms with van der Waals surface area (Å²) in [7, 11) is 4.03. The molecule has 1 aromatic carbocycles. The van der Waals surface area contributed by atoms with Crippen LogP contribution < -0.4 is 16.2 Å². The molecule has 1 saturated heterocycles. The maximum Gasteiger partial charge on any atom is 0.316 e. The summed E-state index contributed by atoms with van der Waals surface area (Å²) in [6.07, 6.45) is 2.26. The SMILES string of the molecule is CN1CCC(CN(C)c2cccc(NN)c2[N+](=O)[O-])CC1. The van der Waals surface area contributed by atoms with Gasteiger partial charge in [0.1, 0.15) is 11.4 Å². The van der Waals surface area contributed by atoms with Gasteiger partial charge in [-0.05, 0) is 51.0 Å². The van der Waals surface area contributed by atoms with Crippen molar-refractivity contribution in [1.82, 2.24) is 4.90 Å². The molecule has 0 bridgehead atoms. The first kappa shape index (κ1) is 15.5. The Bertz CT molecular complexity index is 500. The van der Waals surface area contributed by atoms with E-state index in [0.717, 1.165) is 32.5 Å². The van der Waals surface area contributed by atoms with Crippen molar-refractivity contribution in [3.8, 4) is 0 Å². The summed E-state index contributed by atoms with van der Waals surface area (Å²) in [6.45, 7) is 3.00. The van der Waals surface area contributed by atoms with Crippen LogP contribution in [0, 0.1) is 16.0 Å². The Balaban J connectivity index is 2.15. The fraction of sp³-hybridized carbons (Fsp3) is 0.571. The van der Waals surface area contributed by atoms with Crippen LogP contribution in [0.3, 0.4) is 0 Å². The molecule has 1 aliphatic heterocycles. The first-order chi connectivity index (χ1) is 10.0. The summed E-state index contributed by atoms with van der Waals surface area (Å²) in [5.74, 6) is 5.95. The molecule has 0 spiro atoms. The average molecular weight is 293 g/mol. The van der Waals surface area contributed by atoms with Crippen molar-refractivity contribution in [2.75, 3.05) is 44.1 Å². The second-order valence-electron chi connectivity index (χ2n) is 5.70. The van der Waals surface area contributed by atoms with Crippen LogP contribution in [0.5, 0.6) is 0 Å². The molecular weight excluding hydrogens is 270 g/mol. The molecule has 7 heteroatoms. The molecule has 7 nitrogen and oxygen atoms in total. The van der Waals surface area contributed by atoms with Crippen molar-refractivity contribution in [2.24, 2.45) is 11.8 Å².